The van der Waals surface area contributed by atoms with Gasteiger partial charge < -0.3 is 20.4 Å². The first-order valence-corrected chi connectivity index (χ1v) is 13.6. The highest BCUT2D eigenvalue weighted by molar-refractivity contribution is 5.95. The van der Waals surface area contributed by atoms with Gasteiger partial charge in [-0.25, -0.2) is 13.8 Å². The monoisotopic (exact) mass is 557 g/mol. The van der Waals surface area contributed by atoms with E-state index in [2.05, 4.69) is 21.4 Å². The highest BCUT2D eigenvalue weighted by Gasteiger charge is 2.36. The molecule has 1 aliphatic carbocycles. The summed E-state index contributed by atoms with van der Waals surface area (Å²) < 4.78 is 33.1. The van der Waals surface area contributed by atoms with E-state index >= 15 is 0 Å². The molecule has 1 saturated heterocycles. The number of nitrogen functional groups attached to an aromatic ring is 1. The van der Waals surface area contributed by atoms with Crippen LogP contribution in [0.15, 0.2) is 65.4 Å². The van der Waals surface area contributed by atoms with Gasteiger partial charge in [-0.1, -0.05) is 0 Å². The Hall–Kier alpha value is -4.60. The largest absolute Gasteiger partial charge is 0.459 e. The smallest absolute Gasteiger partial charge is 0.255 e. The molecule has 0 bridgehead atoms. The van der Waals surface area contributed by atoms with Gasteiger partial charge in [0.15, 0.2) is 0 Å². The van der Waals surface area contributed by atoms with E-state index in [0.717, 1.165) is 40.5 Å². The third kappa shape index (κ3) is 6.11. The van der Waals surface area contributed by atoms with Gasteiger partial charge in [-0.3, -0.25) is 14.6 Å². The van der Waals surface area contributed by atoms with Crippen molar-refractivity contribution in [2.24, 2.45) is 0 Å². The number of hydrogen-bond donors (Lipinski definition) is 2. The van der Waals surface area contributed by atoms with Crippen molar-refractivity contribution in [3.8, 4) is 11.3 Å². The van der Waals surface area contributed by atoms with Gasteiger partial charge in [0.1, 0.15) is 17.2 Å². The van der Waals surface area contributed by atoms with Crippen LogP contribution >= 0.6 is 0 Å². The van der Waals surface area contributed by atoms with Gasteiger partial charge >= 0.3 is 0 Å². The summed E-state index contributed by atoms with van der Waals surface area (Å²) in [6.45, 7) is 0.304. The predicted molar refractivity (Wildman–Crippen MR) is 151 cm³/mol. The number of alkyl halides is 2. The molecule has 0 radical (unpaired) electrons. The summed E-state index contributed by atoms with van der Waals surface area (Å²) >= 11 is 0. The highest BCUT2D eigenvalue weighted by atomic mass is 19.3. The van der Waals surface area contributed by atoms with Crippen molar-refractivity contribution in [2.75, 3.05) is 18.8 Å². The third-order valence-electron chi connectivity index (χ3n) is 7.47. The number of furan rings is 1. The molecule has 6 rings (SSSR count). The van der Waals surface area contributed by atoms with Crippen molar-refractivity contribution in [3.05, 3.63) is 83.4 Å². The van der Waals surface area contributed by atoms with Crippen molar-refractivity contribution in [1.29, 1.82) is 0 Å². The number of hydrogen-bond acceptors (Lipinski definition) is 6. The van der Waals surface area contributed by atoms with E-state index in [4.69, 9.17) is 10.2 Å². The Morgan fingerprint density at radius 2 is 1.88 bits per heavy atom. The van der Waals surface area contributed by atoms with Gasteiger partial charge in [-0.2, -0.15) is 0 Å². The number of amides is 2. The third-order valence-corrected chi connectivity index (χ3v) is 7.47. The maximum atomic E-state index is 13.5. The summed E-state index contributed by atoms with van der Waals surface area (Å²) in [6.07, 6.45) is 7.71. The van der Waals surface area contributed by atoms with Crippen LogP contribution in [0.1, 0.15) is 58.8 Å². The molecule has 10 heteroatoms. The molecule has 2 aliphatic rings. The first kappa shape index (κ1) is 26.6. The zero-order valence-corrected chi connectivity index (χ0v) is 22.3. The number of carbonyl (C=O) groups is 2. The summed E-state index contributed by atoms with van der Waals surface area (Å²) in [5.74, 6) is -1.80. The van der Waals surface area contributed by atoms with E-state index in [1.807, 2.05) is 12.1 Å². The number of pyridine rings is 2. The number of anilines is 1. The Morgan fingerprint density at radius 3 is 2.56 bits per heavy atom. The lowest BCUT2D eigenvalue weighted by atomic mass is 10.0. The van der Waals surface area contributed by atoms with Crippen LogP contribution < -0.4 is 11.1 Å². The lowest BCUT2D eigenvalue weighted by molar-refractivity contribution is -0.116. The molecule has 0 unspecified atom stereocenters. The van der Waals surface area contributed by atoms with Crippen LogP contribution in [0.5, 0.6) is 0 Å². The zero-order valence-electron chi connectivity index (χ0n) is 22.3. The number of nitrogens with zero attached hydrogens (tertiary/aromatic N) is 3. The summed E-state index contributed by atoms with van der Waals surface area (Å²) in [5.41, 5.74) is 10.2. The molecule has 1 aliphatic heterocycles. The average Bonchev–Trinajstić information content (AvgIpc) is 3.73. The summed E-state index contributed by atoms with van der Waals surface area (Å²) in [7, 11) is 0. The second-order valence-electron chi connectivity index (χ2n) is 10.6. The Bertz CT molecular complexity index is 1620. The van der Waals surface area contributed by atoms with E-state index in [0.29, 0.717) is 28.8 Å². The van der Waals surface area contributed by atoms with E-state index in [-0.39, 0.29) is 44.3 Å². The molecule has 1 aromatic carbocycles. The molecule has 41 heavy (non-hydrogen) atoms. The topological polar surface area (TPSA) is 114 Å². The lowest BCUT2D eigenvalue weighted by Crippen LogP contribution is -2.42. The Morgan fingerprint density at radius 1 is 1.07 bits per heavy atom. The molecule has 0 atom stereocenters. The van der Waals surface area contributed by atoms with E-state index in [9.17, 15) is 18.4 Å². The van der Waals surface area contributed by atoms with Crippen LogP contribution in [-0.4, -0.2) is 45.7 Å². The number of nitrogens with one attached hydrogen (secondary N) is 1. The number of rotatable bonds is 7. The van der Waals surface area contributed by atoms with Gasteiger partial charge in [0.05, 0.1) is 17.8 Å². The van der Waals surface area contributed by atoms with Gasteiger partial charge in [0.25, 0.3) is 11.8 Å². The molecule has 2 amide bonds. The number of halogens is 2. The standard InChI is InChI=1S/C31H29F2N5O3/c32-31(33)9-11-38(12-10-31)30(40)21-5-6-26(35-17-21)22-13-23-14-24(41-29(23)25(15-22)20-3-4-20)18-37-28(39)8-2-19-1-7-27(34)36-16-19/h1-2,5-8,13-17,20H,3-4,9-12,18H2,(H2,34,36)(H,37,39). The molecule has 2 fully saturated rings. The van der Waals surface area contributed by atoms with E-state index in [1.165, 1.54) is 17.2 Å². The second kappa shape index (κ2) is 10.8. The fourth-order valence-corrected chi connectivity index (χ4v) is 5.00. The summed E-state index contributed by atoms with van der Waals surface area (Å²) in [5, 5.41) is 3.76. The van der Waals surface area contributed by atoms with Crippen molar-refractivity contribution in [3.63, 3.8) is 0 Å². The Labute approximate surface area is 235 Å². The number of fused-ring (bicyclic) bond motifs is 1. The van der Waals surface area contributed by atoms with Crippen molar-refractivity contribution in [1.82, 2.24) is 20.2 Å². The molecule has 8 nitrogen and oxygen atoms in total. The van der Waals surface area contributed by atoms with E-state index in [1.54, 1.807) is 36.5 Å². The van der Waals surface area contributed by atoms with Crippen LogP contribution in [0.3, 0.4) is 0 Å². The minimum Gasteiger partial charge on any atom is -0.459 e. The highest BCUT2D eigenvalue weighted by Crippen LogP contribution is 2.45. The van der Waals surface area contributed by atoms with Crippen LogP contribution in [0.25, 0.3) is 28.3 Å². The van der Waals surface area contributed by atoms with Gasteiger partial charge in [0.2, 0.25) is 5.91 Å². The predicted octanol–water partition coefficient (Wildman–Crippen LogP) is 5.55. The first-order chi connectivity index (χ1) is 19.7. The minimum atomic E-state index is -2.71. The van der Waals surface area contributed by atoms with Gasteiger partial charge in [-0.05, 0) is 78.4 Å². The maximum absolute atomic E-state index is 13.5. The quantitative estimate of drug-likeness (QED) is 0.288. The molecule has 3 N–H and O–H groups in total. The Balaban J connectivity index is 1.16. The number of nitrogens with two attached hydrogens (primary N) is 1. The molecule has 4 heterocycles. The minimum absolute atomic E-state index is 0.0363. The molecular weight excluding hydrogens is 528 g/mol. The van der Waals surface area contributed by atoms with Crippen molar-refractivity contribution in [2.45, 2.75) is 44.1 Å². The van der Waals surface area contributed by atoms with Gasteiger partial charge in [-0.15, -0.1) is 0 Å². The molecule has 0 spiro atoms. The fourth-order valence-electron chi connectivity index (χ4n) is 5.00. The SMILES string of the molecule is Nc1ccc(C=CC(=O)NCc2cc3cc(-c4ccc(C(=O)N5CCC(F)(F)CC5)cn4)cc(C4CC4)c3o2)cn1. The van der Waals surface area contributed by atoms with Crippen LogP contribution in [0, 0.1) is 0 Å². The fraction of sp³-hybridized carbons (Fsp3) is 0.290. The second-order valence-corrected chi connectivity index (χ2v) is 10.6. The number of carbonyl (C=O) groups excluding carboxylic acids is 2. The summed E-state index contributed by atoms with van der Waals surface area (Å²) in [4.78, 5) is 35.2. The molecular formula is C31H29F2N5O3. The number of benzene rings is 1. The van der Waals surface area contributed by atoms with Crippen molar-refractivity contribution >= 4 is 34.7 Å². The van der Waals surface area contributed by atoms with Crippen LogP contribution in [0.2, 0.25) is 0 Å². The number of piperidine rings is 1. The molecule has 210 valence electrons. The van der Waals surface area contributed by atoms with Gasteiger partial charge in [0, 0.05) is 55.4 Å². The average molecular weight is 558 g/mol. The molecule has 4 aromatic rings. The number of likely N-dealkylation sites (tertiary alicyclic amines) is 1. The van der Waals surface area contributed by atoms with Crippen molar-refractivity contribution < 1.29 is 22.8 Å². The van der Waals surface area contributed by atoms with E-state index < -0.39 is 5.92 Å². The van der Waals surface area contributed by atoms with Crippen LogP contribution in [0.4, 0.5) is 14.6 Å². The Kier molecular flexibility index (Phi) is 6.98. The zero-order chi connectivity index (χ0) is 28.6. The first-order valence-electron chi connectivity index (χ1n) is 13.6. The number of aromatic nitrogens is 2. The molecule has 1 saturated carbocycles. The lowest BCUT2D eigenvalue weighted by Gasteiger charge is -2.31. The maximum Gasteiger partial charge on any atom is 0.255 e. The molecule has 3 aromatic heterocycles. The summed E-state index contributed by atoms with van der Waals surface area (Å²) in [6, 6.07) is 12.9. The normalized spacial score (nSPS) is 16.8. The van der Waals surface area contributed by atoms with Crippen LogP contribution in [-0.2, 0) is 11.3 Å².